The number of hydrogen-bond donors (Lipinski definition) is 1. The molecule has 4 nitrogen and oxygen atoms in total. The number of benzene rings is 1. The van der Waals surface area contributed by atoms with Crippen molar-refractivity contribution in [3.05, 3.63) is 44.1 Å². The van der Waals surface area contributed by atoms with Crippen molar-refractivity contribution in [2.45, 2.75) is 6.10 Å². The fraction of sp³-hybridized carbons (Fsp3) is 0.200. The molecular weight excluding hydrogens is 329 g/mol. The summed E-state index contributed by atoms with van der Waals surface area (Å²) >= 11 is 15.2. The van der Waals surface area contributed by atoms with E-state index in [1.165, 1.54) is 4.68 Å². The van der Waals surface area contributed by atoms with Gasteiger partial charge >= 0.3 is 0 Å². The van der Waals surface area contributed by atoms with Crippen LogP contribution in [0.1, 0.15) is 17.4 Å². The lowest BCUT2D eigenvalue weighted by molar-refractivity contribution is 0.209. The summed E-state index contributed by atoms with van der Waals surface area (Å²) in [7, 11) is 1.69. The molecule has 2 aromatic rings. The number of hydrogen-bond acceptors (Lipinski definition) is 3. The number of aromatic nitrogens is 3. The Balaban J connectivity index is 2.51. The maximum absolute atomic E-state index is 10.3. The third kappa shape index (κ3) is 2.33. The summed E-state index contributed by atoms with van der Waals surface area (Å²) in [5, 5.41) is 18.6. The van der Waals surface area contributed by atoms with Crippen molar-refractivity contribution >= 4 is 39.1 Å². The van der Waals surface area contributed by atoms with E-state index in [4.69, 9.17) is 23.2 Å². The van der Waals surface area contributed by atoms with E-state index >= 15 is 0 Å². The summed E-state index contributed by atoms with van der Waals surface area (Å²) in [6.45, 7) is 0. The molecule has 7 heteroatoms. The molecule has 1 aromatic carbocycles. The van der Waals surface area contributed by atoms with Crippen LogP contribution in [0.15, 0.2) is 22.8 Å². The summed E-state index contributed by atoms with van der Waals surface area (Å²) in [6.07, 6.45) is -0.935. The Morgan fingerprint density at radius 1 is 1.41 bits per heavy atom. The predicted octanol–water partition coefficient (Wildman–Crippen LogP) is 2.97. The van der Waals surface area contributed by atoms with Crippen molar-refractivity contribution in [2.75, 3.05) is 0 Å². The van der Waals surface area contributed by atoms with Gasteiger partial charge < -0.3 is 5.11 Å². The number of halogens is 3. The molecule has 0 amide bonds. The first-order chi connectivity index (χ1) is 8.02. The lowest BCUT2D eigenvalue weighted by Crippen LogP contribution is -2.08. The maximum Gasteiger partial charge on any atom is 0.154 e. The third-order valence-corrected chi connectivity index (χ3v) is 3.76. The second kappa shape index (κ2) is 4.94. The van der Waals surface area contributed by atoms with Gasteiger partial charge in [-0.25, -0.2) is 4.68 Å². The van der Waals surface area contributed by atoms with Crippen LogP contribution in [0, 0.1) is 0 Å². The molecule has 1 N–H and O–H groups in total. The Kier molecular flexibility index (Phi) is 3.73. The first-order valence-corrected chi connectivity index (χ1v) is 6.24. The molecule has 0 aliphatic heterocycles. The summed E-state index contributed by atoms with van der Waals surface area (Å²) in [6, 6.07) is 5.10. The number of nitrogens with zero attached hydrogens (tertiary/aromatic N) is 3. The molecular formula is C10H8BrCl2N3O. The molecule has 1 atom stereocenters. The molecule has 2 rings (SSSR count). The lowest BCUT2D eigenvalue weighted by Gasteiger charge is -2.13. The molecule has 0 aliphatic carbocycles. The number of aliphatic hydroxyl groups is 1. The molecule has 1 unspecified atom stereocenters. The Labute approximate surface area is 116 Å². The van der Waals surface area contributed by atoms with Crippen molar-refractivity contribution in [3.8, 4) is 0 Å². The van der Waals surface area contributed by atoms with Crippen molar-refractivity contribution in [3.63, 3.8) is 0 Å². The van der Waals surface area contributed by atoms with E-state index in [1.54, 1.807) is 25.2 Å². The zero-order chi connectivity index (χ0) is 12.6. The van der Waals surface area contributed by atoms with Gasteiger partial charge in [-0.2, -0.15) is 0 Å². The second-order valence-corrected chi connectivity index (χ2v) is 4.97. The average molecular weight is 337 g/mol. The summed E-state index contributed by atoms with van der Waals surface area (Å²) in [4.78, 5) is 0. The van der Waals surface area contributed by atoms with Gasteiger partial charge in [0.15, 0.2) is 4.60 Å². The minimum atomic E-state index is -0.935. The quantitative estimate of drug-likeness (QED) is 0.917. The van der Waals surface area contributed by atoms with Gasteiger partial charge in [-0.1, -0.05) is 40.5 Å². The largest absolute Gasteiger partial charge is 0.382 e. The van der Waals surface area contributed by atoms with Crippen LogP contribution in [0.3, 0.4) is 0 Å². The van der Waals surface area contributed by atoms with E-state index < -0.39 is 6.10 Å². The molecule has 17 heavy (non-hydrogen) atoms. The van der Waals surface area contributed by atoms with Crippen LogP contribution in [0.2, 0.25) is 10.0 Å². The second-order valence-electron chi connectivity index (χ2n) is 3.43. The van der Waals surface area contributed by atoms with Crippen LogP contribution in [0.25, 0.3) is 0 Å². The first-order valence-electron chi connectivity index (χ1n) is 4.69. The SMILES string of the molecule is Cn1nnc(Br)c1C(O)c1cccc(Cl)c1Cl. The Morgan fingerprint density at radius 2 is 2.12 bits per heavy atom. The Hall–Kier alpha value is -0.620. The molecule has 0 saturated heterocycles. The van der Waals surface area contributed by atoms with Gasteiger partial charge in [-0.05, 0) is 22.0 Å². The van der Waals surface area contributed by atoms with Crippen LogP contribution >= 0.6 is 39.1 Å². The standard InChI is InChI=1S/C10H8BrCl2N3O/c1-16-8(10(11)14-15-16)9(17)5-3-2-4-6(12)7(5)13/h2-4,9,17H,1H3. The topological polar surface area (TPSA) is 50.9 Å². The van der Waals surface area contributed by atoms with Gasteiger partial charge in [0.1, 0.15) is 11.8 Å². The normalized spacial score (nSPS) is 12.8. The van der Waals surface area contributed by atoms with Crippen LogP contribution in [-0.4, -0.2) is 20.1 Å². The van der Waals surface area contributed by atoms with Crippen LogP contribution < -0.4 is 0 Å². The van der Waals surface area contributed by atoms with E-state index in [9.17, 15) is 5.11 Å². The fourth-order valence-corrected chi connectivity index (χ4v) is 2.46. The minimum Gasteiger partial charge on any atom is -0.382 e. The van der Waals surface area contributed by atoms with Gasteiger partial charge in [0.05, 0.1) is 10.0 Å². The summed E-state index contributed by atoms with van der Waals surface area (Å²) < 4.78 is 1.95. The number of aryl methyl sites for hydroxylation is 1. The van der Waals surface area contributed by atoms with Gasteiger partial charge in [0.2, 0.25) is 0 Å². The predicted molar refractivity (Wildman–Crippen MR) is 69.2 cm³/mol. The van der Waals surface area contributed by atoms with Crippen molar-refractivity contribution in [2.24, 2.45) is 7.05 Å². The smallest absolute Gasteiger partial charge is 0.154 e. The van der Waals surface area contributed by atoms with E-state index in [0.29, 0.717) is 25.9 Å². The fourth-order valence-electron chi connectivity index (χ4n) is 1.51. The van der Waals surface area contributed by atoms with Crippen LogP contribution in [-0.2, 0) is 7.05 Å². The van der Waals surface area contributed by atoms with Gasteiger partial charge in [0, 0.05) is 12.6 Å². The maximum atomic E-state index is 10.3. The number of rotatable bonds is 2. The first kappa shape index (κ1) is 12.8. The molecule has 0 bridgehead atoms. The van der Waals surface area contributed by atoms with Gasteiger partial charge in [0.25, 0.3) is 0 Å². The highest BCUT2D eigenvalue weighted by Gasteiger charge is 2.22. The highest BCUT2D eigenvalue weighted by Crippen LogP contribution is 2.34. The third-order valence-electron chi connectivity index (χ3n) is 2.36. The van der Waals surface area contributed by atoms with Gasteiger partial charge in [-0.15, -0.1) is 5.10 Å². The molecule has 0 aliphatic rings. The molecule has 1 heterocycles. The van der Waals surface area contributed by atoms with E-state index in [2.05, 4.69) is 26.2 Å². The summed E-state index contributed by atoms with van der Waals surface area (Å²) in [5.41, 5.74) is 1.04. The zero-order valence-electron chi connectivity index (χ0n) is 8.73. The monoisotopic (exact) mass is 335 g/mol. The van der Waals surface area contributed by atoms with E-state index in [1.807, 2.05) is 0 Å². The van der Waals surface area contributed by atoms with E-state index in [-0.39, 0.29) is 0 Å². The molecule has 0 radical (unpaired) electrons. The average Bonchev–Trinajstić information content (AvgIpc) is 2.62. The highest BCUT2D eigenvalue weighted by molar-refractivity contribution is 9.10. The van der Waals surface area contributed by atoms with Crippen molar-refractivity contribution in [1.82, 2.24) is 15.0 Å². The zero-order valence-corrected chi connectivity index (χ0v) is 11.8. The van der Waals surface area contributed by atoms with Gasteiger partial charge in [-0.3, -0.25) is 0 Å². The lowest BCUT2D eigenvalue weighted by atomic mass is 10.1. The summed E-state index contributed by atoms with van der Waals surface area (Å²) in [5.74, 6) is 0. The number of aliphatic hydroxyl groups excluding tert-OH is 1. The molecule has 0 spiro atoms. The van der Waals surface area contributed by atoms with Crippen molar-refractivity contribution < 1.29 is 5.11 Å². The van der Waals surface area contributed by atoms with Crippen LogP contribution in [0.5, 0.6) is 0 Å². The van der Waals surface area contributed by atoms with E-state index in [0.717, 1.165) is 0 Å². The minimum absolute atomic E-state index is 0.328. The van der Waals surface area contributed by atoms with Crippen molar-refractivity contribution in [1.29, 1.82) is 0 Å². The Bertz CT molecular complexity index is 539. The molecule has 90 valence electrons. The molecule has 1 aromatic heterocycles. The Morgan fingerprint density at radius 3 is 2.71 bits per heavy atom. The van der Waals surface area contributed by atoms with Crippen LogP contribution in [0.4, 0.5) is 0 Å². The molecule has 0 fully saturated rings. The molecule has 0 saturated carbocycles. The highest BCUT2D eigenvalue weighted by atomic mass is 79.9.